The molecule has 0 saturated carbocycles. The molecule has 1 atom stereocenters. The van der Waals surface area contributed by atoms with Gasteiger partial charge in [-0.05, 0) is 59.2 Å². The highest BCUT2D eigenvalue weighted by Crippen LogP contribution is 2.28. The lowest BCUT2D eigenvalue weighted by molar-refractivity contribution is -0.132. The number of anilines is 1. The number of nitrogens with one attached hydrogen (secondary N) is 2. The molecule has 10 heteroatoms. The van der Waals surface area contributed by atoms with E-state index in [0.29, 0.717) is 27.0 Å². The summed E-state index contributed by atoms with van der Waals surface area (Å²) in [4.78, 5) is 50.6. The predicted molar refractivity (Wildman–Crippen MR) is 177 cm³/mol. The van der Waals surface area contributed by atoms with Crippen molar-refractivity contribution in [3.63, 3.8) is 0 Å². The van der Waals surface area contributed by atoms with Gasteiger partial charge in [0.1, 0.15) is 11.9 Å². The Labute approximate surface area is 268 Å². The lowest BCUT2D eigenvalue weighted by Gasteiger charge is -2.25. The second-order valence-electron chi connectivity index (χ2n) is 10.6. The first kappa shape index (κ1) is 30.3. The number of amides is 3. The summed E-state index contributed by atoms with van der Waals surface area (Å²) in [6.07, 6.45) is 3.39. The number of thiazole rings is 1. The second-order valence-corrected chi connectivity index (χ2v) is 11.6. The fourth-order valence-electron chi connectivity index (χ4n) is 5.04. The van der Waals surface area contributed by atoms with E-state index in [-0.39, 0.29) is 29.2 Å². The van der Waals surface area contributed by atoms with Crippen molar-refractivity contribution in [3.05, 3.63) is 149 Å². The van der Waals surface area contributed by atoms with Crippen LogP contribution >= 0.6 is 11.3 Å². The van der Waals surface area contributed by atoms with Gasteiger partial charge < -0.3 is 15.5 Å². The molecule has 6 rings (SSSR count). The van der Waals surface area contributed by atoms with Crippen molar-refractivity contribution >= 4 is 45.0 Å². The van der Waals surface area contributed by atoms with Gasteiger partial charge in [-0.15, -0.1) is 11.3 Å². The standard InChI is InChI=1S/C36H28FN5O3S/c1-42(22-23-13-15-26(37)16-14-23)36(45)32(24-8-3-2-4-9-24)41-34(44)35-40-30-18-17-27(20-31(30)46-35)39-33(43)29-12-6-5-11-28(29)25-10-7-19-38-21-25/h2-21,32H,22H2,1H3,(H,39,43)(H,41,44)/t32-/m0/s1. The summed E-state index contributed by atoms with van der Waals surface area (Å²) in [7, 11) is 1.64. The number of carbonyl (C=O) groups is 3. The normalized spacial score (nSPS) is 11.5. The van der Waals surface area contributed by atoms with Crippen LogP contribution in [0, 0.1) is 5.82 Å². The number of aromatic nitrogens is 2. The first-order chi connectivity index (χ1) is 22.4. The van der Waals surface area contributed by atoms with Gasteiger partial charge in [-0.25, -0.2) is 9.37 Å². The second kappa shape index (κ2) is 13.5. The molecule has 2 heterocycles. The van der Waals surface area contributed by atoms with Crippen molar-refractivity contribution in [2.75, 3.05) is 12.4 Å². The van der Waals surface area contributed by atoms with E-state index in [0.717, 1.165) is 28.0 Å². The molecule has 0 saturated heterocycles. The zero-order valence-corrected chi connectivity index (χ0v) is 25.5. The maximum absolute atomic E-state index is 13.6. The quantitative estimate of drug-likeness (QED) is 0.182. The van der Waals surface area contributed by atoms with E-state index in [9.17, 15) is 18.8 Å². The van der Waals surface area contributed by atoms with Gasteiger partial charge in [-0.2, -0.15) is 0 Å². The van der Waals surface area contributed by atoms with Crippen LogP contribution in [0.5, 0.6) is 0 Å². The van der Waals surface area contributed by atoms with Gasteiger partial charge in [-0.3, -0.25) is 19.4 Å². The number of benzene rings is 4. The molecule has 0 bridgehead atoms. The third-order valence-corrected chi connectivity index (χ3v) is 8.37. The SMILES string of the molecule is CN(Cc1ccc(F)cc1)C(=O)[C@@H](NC(=O)c1nc2ccc(NC(=O)c3ccccc3-c3cccnc3)cc2s1)c1ccccc1. The summed E-state index contributed by atoms with van der Waals surface area (Å²) < 4.78 is 14.1. The zero-order valence-electron chi connectivity index (χ0n) is 24.7. The highest BCUT2D eigenvalue weighted by molar-refractivity contribution is 7.20. The van der Waals surface area contributed by atoms with Gasteiger partial charge >= 0.3 is 0 Å². The number of hydrogen-bond donors (Lipinski definition) is 2. The number of likely N-dealkylation sites (N-methyl/N-ethyl adjacent to an activating group) is 1. The highest BCUT2D eigenvalue weighted by Gasteiger charge is 2.27. The summed E-state index contributed by atoms with van der Waals surface area (Å²) >= 11 is 1.16. The third kappa shape index (κ3) is 6.82. The first-order valence-electron chi connectivity index (χ1n) is 14.4. The molecule has 0 aliphatic carbocycles. The van der Waals surface area contributed by atoms with E-state index >= 15 is 0 Å². The van der Waals surface area contributed by atoms with Crippen LogP contribution in [0.1, 0.15) is 37.3 Å². The van der Waals surface area contributed by atoms with Crippen molar-refractivity contribution in [1.82, 2.24) is 20.2 Å². The van der Waals surface area contributed by atoms with Crippen LogP contribution in [0.15, 0.2) is 122 Å². The van der Waals surface area contributed by atoms with Gasteiger partial charge in [-0.1, -0.05) is 66.7 Å². The molecular weight excluding hydrogens is 601 g/mol. The number of nitrogens with zero attached hydrogens (tertiary/aromatic N) is 3. The summed E-state index contributed by atoms with van der Waals surface area (Å²) in [5, 5.41) is 5.99. The molecule has 3 amide bonds. The average molecular weight is 630 g/mol. The Hall–Kier alpha value is -5.74. The molecular formula is C36H28FN5O3S. The van der Waals surface area contributed by atoms with E-state index in [2.05, 4.69) is 20.6 Å². The number of rotatable bonds is 9. The van der Waals surface area contributed by atoms with Gasteiger partial charge in [0.05, 0.1) is 10.2 Å². The summed E-state index contributed by atoms with van der Waals surface area (Å²) in [5.41, 5.74) is 4.59. The van der Waals surface area contributed by atoms with E-state index in [4.69, 9.17) is 0 Å². The molecule has 46 heavy (non-hydrogen) atoms. The van der Waals surface area contributed by atoms with E-state index in [1.165, 1.54) is 17.0 Å². The average Bonchev–Trinajstić information content (AvgIpc) is 3.52. The minimum Gasteiger partial charge on any atom is -0.339 e. The summed E-state index contributed by atoms with van der Waals surface area (Å²) in [6.45, 7) is 0.237. The van der Waals surface area contributed by atoms with Crippen LogP contribution in [-0.4, -0.2) is 39.6 Å². The summed E-state index contributed by atoms with van der Waals surface area (Å²) in [5.74, 6) is -1.48. The largest absolute Gasteiger partial charge is 0.339 e. The molecule has 2 N–H and O–H groups in total. The molecule has 228 valence electrons. The van der Waals surface area contributed by atoms with E-state index in [1.54, 1.807) is 86.2 Å². The highest BCUT2D eigenvalue weighted by atomic mass is 32.1. The van der Waals surface area contributed by atoms with Crippen LogP contribution in [0.25, 0.3) is 21.3 Å². The summed E-state index contributed by atoms with van der Waals surface area (Å²) in [6, 6.07) is 30.2. The van der Waals surface area contributed by atoms with E-state index in [1.807, 2.05) is 30.3 Å². The number of fused-ring (bicyclic) bond motifs is 1. The number of halogens is 1. The van der Waals surface area contributed by atoms with Crippen LogP contribution in [0.2, 0.25) is 0 Å². The van der Waals surface area contributed by atoms with Crippen LogP contribution in [0.3, 0.4) is 0 Å². The molecule has 0 spiro atoms. The van der Waals surface area contributed by atoms with Gasteiger partial charge in [0.25, 0.3) is 11.8 Å². The maximum atomic E-state index is 13.6. The molecule has 2 aromatic heterocycles. The molecule has 0 aliphatic heterocycles. The first-order valence-corrected chi connectivity index (χ1v) is 15.2. The Morgan fingerprint density at radius 3 is 2.39 bits per heavy atom. The molecule has 8 nitrogen and oxygen atoms in total. The molecule has 4 aromatic carbocycles. The Kier molecular flexibility index (Phi) is 8.89. The van der Waals surface area contributed by atoms with Gasteiger partial charge in [0.2, 0.25) is 5.91 Å². The maximum Gasteiger partial charge on any atom is 0.281 e. The van der Waals surface area contributed by atoms with Gasteiger partial charge in [0.15, 0.2) is 5.01 Å². The topological polar surface area (TPSA) is 104 Å². The fraction of sp³-hybridized carbons (Fsp3) is 0.0833. The monoisotopic (exact) mass is 629 g/mol. The van der Waals surface area contributed by atoms with Crippen molar-refractivity contribution in [1.29, 1.82) is 0 Å². The fourth-order valence-corrected chi connectivity index (χ4v) is 5.95. The minimum absolute atomic E-state index is 0.176. The number of carbonyl (C=O) groups excluding carboxylic acids is 3. The molecule has 0 unspecified atom stereocenters. The van der Waals surface area contributed by atoms with E-state index < -0.39 is 11.9 Å². The lowest BCUT2D eigenvalue weighted by atomic mass is 10.0. The Morgan fingerprint density at radius 1 is 0.870 bits per heavy atom. The molecule has 0 aliphatic rings. The molecule has 6 aromatic rings. The van der Waals surface area contributed by atoms with Crippen molar-refractivity contribution < 1.29 is 18.8 Å². The lowest BCUT2D eigenvalue weighted by Crippen LogP contribution is -2.41. The Morgan fingerprint density at radius 2 is 1.63 bits per heavy atom. The van der Waals surface area contributed by atoms with Gasteiger partial charge in [0, 0.05) is 42.8 Å². The van der Waals surface area contributed by atoms with Crippen LogP contribution in [0.4, 0.5) is 10.1 Å². The molecule has 0 fully saturated rings. The number of pyridine rings is 1. The Balaban J connectivity index is 1.20. The van der Waals surface area contributed by atoms with Crippen LogP contribution in [-0.2, 0) is 11.3 Å². The number of hydrogen-bond acceptors (Lipinski definition) is 6. The van der Waals surface area contributed by atoms with Crippen molar-refractivity contribution in [3.8, 4) is 11.1 Å². The third-order valence-electron chi connectivity index (χ3n) is 7.35. The van der Waals surface area contributed by atoms with Crippen molar-refractivity contribution in [2.24, 2.45) is 0 Å². The predicted octanol–water partition coefficient (Wildman–Crippen LogP) is 6.88. The van der Waals surface area contributed by atoms with Crippen molar-refractivity contribution in [2.45, 2.75) is 12.6 Å². The smallest absolute Gasteiger partial charge is 0.281 e. The minimum atomic E-state index is -0.971. The molecule has 0 radical (unpaired) electrons. The Bertz CT molecular complexity index is 2020. The zero-order chi connectivity index (χ0) is 32.0. The van der Waals surface area contributed by atoms with Crippen LogP contribution < -0.4 is 10.6 Å².